The number of aromatic nitrogens is 5. The van der Waals surface area contributed by atoms with Gasteiger partial charge in [-0.15, -0.1) is 23.2 Å². The zero-order valence-corrected chi connectivity index (χ0v) is 31.8. The average Bonchev–Trinajstić information content (AvgIpc) is 3.42. The number of ether oxygens (including phenoxy) is 2. The van der Waals surface area contributed by atoms with E-state index in [0.717, 1.165) is 4.57 Å². The summed E-state index contributed by atoms with van der Waals surface area (Å²) in [6.07, 6.45) is 1.12. The molecule has 278 valence electrons. The van der Waals surface area contributed by atoms with Crippen molar-refractivity contribution in [1.29, 1.82) is 0 Å². The van der Waals surface area contributed by atoms with Crippen LogP contribution in [0.2, 0.25) is 0 Å². The van der Waals surface area contributed by atoms with Crippen LogP contribution in [0.25, 0.3) is 21.8 Å². The highest BCUT2D eigenvalue weighted by Crippen LogP contribution is 2.64. The van der Waals surface area contributed by atoms with Gasteiger partial charge in [-0.1, -0.05) is 65.7 Å². The molecule has 5 aromatic rings. The van der Waals surface area contributed by atoms with Crippen molar-refractivity contribution in [3.05, 3.63) is 113 Å². The number of halogens is 4. The zero-order chi connectivity index (χ0) is 38.6. The van der Waals surface area contributed by atoms with Crippen LogP contribution in [0.5, 0.6) is 17.2 Å². The number of allylic oxidation sites excluding steroid dienone is 4. The first-order chi connectivity index (χ1) is 25.7. The molecule has 1 N–H and O–H groups in total. The van der Waals surface area contributed by atoms with Gasteiger partial charge in [0.25, 0.3) is 5.56 Å². The first-order valence-corrected chi connectivity index (χ1v) is 18.2. The fourth-order valence-corrected chi connectivity index (χ4v) is 9.66. The number of alkyl halides is 2. The molecule has 4 atom stereocenters. The number of fused-ring (bicyclic) bond motifs is 6. The standard InChI is InChI=1S/C37H29Cl4N5O8/c1-43-23-15-26(54-3)25(53-2)14-22(23)42-21(33(43)50)11-12-44-34(51)45-13-10-19-24(46(45)35(44)52)16-36(40)31(48)28(38)29(39)32(49)37(36,41)27(19)20-9-8-17-6-4-5-7-18(17)30(20)47/h4-10,14-15,24,27,47H,11-13,16H2,1-3H3/t24-,27-,36-,37+/m1/s1. The van der Waals surface area contributed by atoms with E-state index in [1.54, 1.807) is 61.7 Å². The molecule has 0 saturated heterocycles. The fourth-order valence-electron chi connectivity index (χ4n) is 8.15. The number of methoxy groups -OCH3 is 2. The zero-order valence-electron chi connectivity index (χ0n) is 28.7. The summed E-state index contributed by atoms with van der Waals surface area (Å²) in [5.41, 5.74) is -0.363. The topological polar surface area (TPSA) is 157 Å². The molecule has 1 aliphatic heterocycles. The van der Waals surface area contributed by atoms with E-state index in [9.17, 15) is 29.1 Å². The van der Waals surface area contributed by atoms with Crippen molar-refractivity contribution < 1.29 is 24.2 Å². The van der Waals surface area contributed by atoms with Crippen molar-refractivity contribution in [3.8, 4) is 17.2 Å². The highest BCUT2D eigenvalue weighted by atomic mass is 35.5. The Morgan fingerprint density at radius 2 is 1.61 bits per heavy atom. The lowest BCUT2D eigenvalue weighted by Gasteiger charge is -2.54. The summed E-state index contributed by atoms with van der Waals surface area (Å²) in [6, 6.07) is 12.5. The molecule has 1 saturated carbocycles. The van der Waals surface area contributed by atoms with Gasteiger partial charge < -0.3 is 19.1 Å². The lowest BCUT2D eigenvalue weighted by atomic mass is 9.59. The highest BCUT2D eigenvalue weighted by Gasteiger charge is 2.71. The second kappa shape index (κ2) is 12.6. The molecule has 3 aromatic carbocycles. The number of phenols is 1. The molecular formula is C37H29Cl4N5O8. The molecule has 54 heavy (non-hydrogen) atoms. The van der Waals surface area contributed by atoms with E-state index in [2.05, 4.69) is 4.98 Å². The van der Waals surface area contributed by atoms with Gasteiger partial charge in [0.1, 0.15) is 31.3 Å². The Bertz CT molecular complexity index is 2760. The monoisotopic (exact) mass is 811 g/mol. The van der Waals surface area contributed by atoms with E-state index >= 15 is 0 Å². The Kier molecular flexibility index (Phi) is 8.45. The third kappa shape index (κ3) is 4.77. The Morgan fingerprint density at radius 3 is 2.33 bits per heavy atom. The third-order valence-corrected chi connectivity index (χ3v) is 13.1. The summed E-state index contributed by atoms with van der Waals surface area (Å²) in [5, 5.41) is 11.6. The van der Waals surface area contributed by atoms with Crippen molar-refractivity contribution in [3.63, 3.8) is 0 Å². The number of Topliss-reactive ketones (excluding diaryl/α,β-unsaturated/α-hetero) is 2. The van der Waals surface area contributed by atoms with Crippen LogP contribution in [0.1, 0.15) is 29.6 Å². The first kappa shape index (κ1) is 36.2. The minimum Gasteiger partial charge on any atom is -0.507 e. The number of ketones is 2. The molecule has 8 rings (SSSR count). The highest BCUT2D eigenvalue weighted by molar-refractivity contribution is 6.66. The van der Waals surface area contributed by atoms with Crippen LogP contribution in [-0.4, -0.2) is 64.1 Å². The summed E-state index contributed by atoms with van der Waals surface area (Å²) in [6.45, 7) is -0.361. The van der Waals surface area contributed by atoms with E-state index in [1.807, 2.05) is 0 Å². The average molecular weight is 813 g/mol. The van der Waals surface area contributed by atoms with Gasteiger partial charge in [0.05, 0.1) is 37.8 Å². The normalized spacial score (nSPS) is 23.6. The van der Waals surface area contributed by atoms with E-state index in [0.29, 0.717) is 38.9 Å². The molecule has 0 radical (unpaired) electrons. The third-order valence-electron chi connectivity index (χ3n) is 10.8. The van der Waals surface area contributed by atoms with Gasteiger partial charge in [-0.25, -0.2) is 28.5 Å². The summed E-state index contributed by atoms with van der Waals surface area (Å²) in [4.78, 5) is 69.8. The quantitative estimate of drug-likeness (QED) is 0.191. The molecule has 17 heteroatoms. The largest absolute Gasteiger partial charge is 0.507 e. The van der Waals surface area contributed by atoms with Crippen LogP contribution in [0.3, 0.4) is 0 Å². The number of phenolic OH excluding ortho intramolecular Hbond substituents is 1. The smallest absolute Gasteiger partial charge is 0.347 e. The predicted octanol–water partition coefficient (Wildman–Crippen LogP) is 4.64. The van der Waals surface area contributed by atoms with Crippen molar-refractivity contribution >= 4 is 79.8 Å². The van der Waals surface area contributed by atoms with Gasteiger partial charge in [0, 0.05) is 55.4 Å². The lowest BCUT2D eigenvalue weighted by Crippen LogP contribution is -2.67. The molecule has 0 unspecified atom stereocenters. The maximum Gasteiger partial charge on any atom is 0.347 e. The molecule has 0 spiro atoms. The summed E-state index contributed by atoms with van der Waals surface area (Å²) in [5.74, 6) is -2.57. The molecular weight excluding hydrogens is 784 g/mol. The van der Waals surface area contributed by atoms with Crippen LogP contribution >= 0.6 is 46.4 Å². The van der Waals surface area contributed by atoms with E-state index in [-0.39, 0.29) is 36.5 Å². The molecule has 13 nitrogen and oxygen atoms in total. The van der Waals surface area contributed by atoms with Crippen molar-refractivity contribution in [1.82, 2.24) is 23.5 Å². The van der Waals surface area contributed by atoms with E-state index in [1.165, 1.54) is 28.2 Å². The van der Waals surface area contributed by atoms with E-state index in [4.69, 9.17) is 55.9 Å². The summed E-state index contributed by atoms with van der Waals surface area (Å²) in [7, 11) is 4.52. The number of aromatic hydroxyl groups is 1. The summed E-state index contributed by atoms with van der Waals surface area (Å²) >= 11 is 27.2. The molecule has 2 aromatic heterocycles. The van der Waals surface area contributed by atoms with Gasteiger partial charge in [-0.05, 0) is 11.0 Å². The number of carbonyl (C=O) groups excluding carboxylic acids is 2. The van der Waals surface area contributed by atoms with Crippen molar-refractivity contribution in [2.75, 3.05) is 14.2 Å². The Balaban J connectivity index is 1.25. The molecule has 0 amide bonds. The Hall–Kier alpha value is -4.82. The lowest BCUT2D eigenvalue weighted by molar-refractivity contribution is -0.128. The maximum atomic E-state index is 14.3. The van der Waals surface area contributed by atoms with Crippen LogP contribution in [0, 0.1) is 0 Å². The number of hydrogen-bond acceptors (Lipinski definition) is 9. The van der Waals surface area contributed by atoms with Gasteiger partial charge in [0.15, 0.2) is 23.1 Å². The van der Waals surface area contributed by atoms with Crippen LogP contribution in [0.15, 0.2) is 84.6 Å². The first-order valence-electron chi connectivity index (χ1n) is 16.7. The van der Waals surface area contributed by atoms with E-state index < -0.39 is 66.7 Å². The molecule has 3 heterocycles. The molecule has 1 fully saturated rings. The minimum absolute atomic E-state index is 0.0925. The van der Waals surface area contributed by atoms with Crippen LogP contribution in [0.4, 0.5) is 0 Å². The SMILES string of the molecule is COc1cc2nc(CCn3c(=O)n4n(c3=O)[C@@H]3C[C@@]5(Cl)C(=O)C(Cl)=C(Cl)C(=O)[C@@]5(Cl)[C@@H](c5ccc6ccccc6c5O)C3=CC4)c(=O)n(C)c2cc1OC. The van der Waals surface area contributed by atoms with Gasteiger partial charge in [-0.2, -0.15) is 0 Å². The number of carbonyl (C=O) groups is 2. The Morgan fingerprint density at radius 1 is 0.926 bits per heavy atom. The van der Waals surface area contributed by atoms with Crippen molar-refractivity contribution in [2.24, 2.45) is 7.05 Å². The second-order valence-corrected chi connectivity index (χ2v) is 15.4. The van der Waals surface area contributed by atoms with Gasteiger partial charge >= 0.3 is 11.4 Å². The summed E-state index contributed by atoms with van der Waals surface area (Å²) < 4.78 is 15.5. The van der Waals surface area contributed by atoms with Gasteiger partial charge in [0.2, 0.25) is 0 Å². The predicted molar refractivity (Wildman–Crippen MR) is 203 cm³/mol. The Labute approximate surface area is 325 Å². The van der Waals surface area contributed by atoms with Crippen LogP contribution < -0.4 is 26.4 Å². The number of rotatable bonds is 6. The number of nitrogens with zero attached hydrogens (tertiary/aromatic N) is 5. The van der Waals surface area contributed by atoms with Crippen molar-refractivity contribution in [2.45, 2.75) is 47.6 Å². The van der Waals surface area contributed by atoms with Gasteiger partial charge in [-0.3, -0.25) is 14.4 Å². The van der Waals surface area contributed by atoms with Crippen LogP contribution in [-0.2, 0) is 36.1 Å². The number of hydrogen-bond donors (Lipinski definition) is 1. The number of benzene rings is 3. The minimum atomic E-state index is -2.30. The fraction of sp³-hybridized carbons (Fsp3) is 0.297. The number of aryl methyl sites for hydroxylation is 2. The molecule has 0 bridgehead atoms. The second-order valence-electron chi connectivity index (χ2n) is 13.4. The molecule has 2 aliphatic carbocycles. The molecule has 3 aliphatic rings. The maximum absolute atomic E-state index is 14.3.